The summed E-state index contributed by atoms with van der Waals surface area (Å²) in [5.41, 5.74) is 17.2. The van der Waals surface area contributed by atoms with Crippen LogP contribution in [-0.2, 0) is 0 Å². The normalized spacial score (nSPS) is 11.4. The molecule has 0 spiro atoms. The van der Waals surface area contributed by atoms with Crippen molar-refractivity contribution >= 4 is 43.8 Å². The van der Waals surface area contributed by atoms with Crippen LogP contribution in [0.15, 0.2) is 218 Å². The minimum atomic E-state index is 0.964. The molecule has 0 bridgehead atoms. The lowest BCUT2D eigenvalue weighted by Gasteiger charge is -2.20. The van der Waals surface area contributed by atoms with Crippen LogP contribution in [0.1, 0.15) is 22.3 Å². The van der Waals surface area contributed by atoms with Crippen LogP contribution >= 0.6 is 0 Å². The van der Waals surface area contributed by atoms with E-state index in [2.05, 4.69) is 135 Å². The Morgan fingerprint density at radius 2 is 1.09 bits per heavy atom. The summed E-state index contributed by atoms with van der Waals surface area (Å²) < 4.78 is 0. The largest absolute Gasteiger partial charge is 0.404 e. The zero-order valence-corrected chi connectivity index (χ0v) is 31.9. The monoisotopic (exact) mass is 723 g/mol. The van der Waals surface area contributed by atoms with Crippen molar-refractivity contribution in [1.29, 1.82) is 0 Å². The third-order valence-electron chi connectivity index (χ3n) is 9.83. The molecule has 1 aromatic heterocycles. The summed E-state index contributed by atoms with van der Waals surface area (Å²) in [6, 6.07) is 66.7. The van der Waals surface area contributed by atoms with E-state index >= 15 is 0 Å². The highest BCUT2D eigenvalue weighted by Gasteiger charge is 2.24. The van der Waals surface area contributed by atoms with E-state index in [-0.39, 0.29) is 0 Å². The Kier molecular flexibility index (Phi) is 11.7. The number of nitrogens with two attached hydrogens (primary N) is 1. The van der Waals surface area contributed by atoms with Gasteiger partial charge in [-0.25, -0.2) is 4.99 Å². The highest BCUT2D eigenvalue weighted by Crippen LogP contribution is 2.45. The van der Waals surface area contributed by atoms with Crippen molar-refractivity contribution in [2.75, 3.05) is 0 Å². The molecule has 1 aliphatic heterocycles. The SMILES string of the molecule is C=C/C(=C\N)c1ccccc1.Cc1ccccc1.Cc1ccccc1-c1c(C2=c3ccccc3=N2)c2ccccc2c2[nH]c3ccccc3c12.c1ccccc1. The van der Waals surface area contributed by atoms with Crippen molar-refractivity contribution in [1.82, 2.24) is 4.98 Å². The van der Waals surface area contributed by atoms with Crippen molar-refractivity contribution < 1.29 is 0 Å². The maximum atomic E-state index is 5.38. The maximum absolute atomic E-state index is 5.38. The quantitative estimate of drug-likeness (QED) is 0.175. The molecule has 0 aliphatic carbocycles. The molecule has 0 unspecified atom stereocenters. The van der Waals surface area contributed by atoms with Crippen LogP contribution in [-0.4, -0.2) is 4.98 Å². The van der Waals surface area contributed by atoms with Crippen LogP contribution in [0.25, 0.3) is 55.0 Å². The molecule has 3 nitrogen and oxygen atoms in total. The fourth-order valence-electron chi connectivity index (χ4n) is 7.07. The van der Waals surface area contributed by atoms with Crippen molar-refractivity contribution in [2.24, 2.45) is 10.7 Å². The van der Waals surface area contributed by atoms with Crippen LogP contribution in [0.5, 0.6) is 0 Å². The number of para-hydroxylation sites is 2. The second kappa shape index (κ2) is 17.7. The van der Waals surface area contributed by atoms with Gasteiger partial charge >= 0.3 is 0 Å². The highest BCUT2D eigenvalue weighted by atomic mass is 14.8. The van der Waals surface area contributed by atoms with Gasteiger partial charge in [-0.05, 0) is 53.6 Å². The highest BCUT2D eigenvalue weighted by molar-refractivity contribution is 6.26. The van der Waals surface area contributed by atoms with E-state index in [0.29, 0.717) is 0 Å². The van der Waals surface area contributed by atoms with E-state index in [9.17, 15) is 0 Å². The first-order valence-electron chi connectivity index (χ1n) is 18.9. The first-order valence-corrected chi connectivity index (χ1v) is 18.9. The molecule has 9 aromatic rings. The minimum absolute atomic E-state index is 0.964. The molecule has 0 amide bonds. The number of aromatic amines is 1. The molecule has 1 aliphatic rings. The number of aryl methyl sites for hydroxylation is 2. The third kappa shape index (κ3) is 7.99. The minimum Gasteiger partial charge on any atom is -0.404 e. The van der Waals surface area contributed by atoms with Crippen molar-refractivity contribution in [2.45, 2.75) is 13.8 Å². The molecule has 3 heteroatoms. The van der Waals surface area contributed by atoms with Gasteiger partial charge in [0.1, 0.15) is 0 Å². The Balaban J connectivity index is 0.000000162. The molecule has 0 atom stereocenters. The predicted molar refractivity (Wildman–Crippen MR) is 240 cm³/mol. The molecule has 2 heterocycles. The Hall–Kier alpha value is -7.23. The van der Waals surface area contributed by atoms with Gasteiger partial charge in [-0.3, -0.25) is 0 Å². The van der Waals surface area contributed by atoms with Gasteiger partial charge < -0.3 is 10.7 Å². The molecule has 8 aromatic carbocycles. The number of H-pyrrole nitrogens is 1. The smallest absolute Gasteiger partial charge is 0.0816 e. The van der Waals surface area contributed by atoms with Gasteiger partial charge in [0.05, 0.1) is 16.6 Å². The second-order valence-corrected chi connectivity index (χ2v) is 13.5. The van der Waals surface area contributed by atoms with E-state index < -0.39 is 0 Å². The fraction of sp³-hybridized carbons (Fsp3) is 0.0377. The van der Waals surface area contributed by atoms with E-state index in [0.717, 1.165) is 27.7 Å². The summed E-state index contributed by atoms with van der Waals surface area (Å²) in [5.74, 6) is 0. The summed E-state index contributed by atoms with van der Waals surface area (Å²) >= 11 is 0. The topological polar surface area (TPSA) is 54.2 Å². The van der Waals surface area contributed by atoms with Gasteiger partial charge in [-0.1, -0.05) is 200 Å². The second-order valence-electron chi connectivity index (χ2n) is 13.5. The Morgan fingerprint density at radius 1 is 0.554 bits per heavy atom. The number of allylic oxidation sites excluding steroid dienone is 2. The number of hydrogen-bond donors (Lipinski definition) is 2. The van der Waals surface area contributed by atoms with Crippen LogP contribution < -0.4 is 16.3 Å². The van der Waals surface area contributed by atoms with Gasteiger partial charge in [0, 0.05) is 44.2 Å². The Labute approximate surface area is 329 Å². The summed E-state index contributed by atoms with van der Waals surface area (Å²) in [7, 11) is 0. The fourth-order valence-corrected chi connectivity index (χ4v) is 7.07. The molecular formula is C53H45N3. The summed E-state index contributed by atoms with van der Waals surface area (Å²) in [5, 5.41) is 7.29. The number of nitrogens with zero attached hydrogens (tertiary/aromatic N) is 1. The molecular weight excluding hydrogens is 679 g/mol. The first-order chi connectivity index (χ1) is 27.6. The van der Waals surface area contributed by atoms with E-state index in [1.54, 1.807) is 12.3 Å². The average molecular weight is 724 g/mol. The van der Waals surface area contributed by atoms with Crippen molar-refractivity contribution in [3.05, 3.63) is 246 Å². The molecule has 0 radical (unpaired) electrons. The number of hydrogen-bond acceptors (Lipinski definition) is 2. The average Bonchev–Trinajstić information content (AvgIpc) is 3.64. The van der Waals surface area contributed by atoms with Gasteiger partial charge in [0.15, 0.2) is 0 Å². The number of fused-ring (bicyclic) bond motifs is 6. The standard InChI is InChI=1S/C30H20N2.C10H11N.C7H8.C6H6/c1-18-10-2-3-11-19(18)26-27(30-23-15-7-9-17-25(23)32-30)20-12-4-5-13-21(20)29-28(26)22-14-6-8-16-24(22)31-29;1-2-9(8-11)10-6-4-3-5-7-10;1-7-5-3-2-4-6-7;1-2-4-6-5-3-1/h2-17,31H,1H3;2-8H,1,11H2;2-6H,1H3;1-6H/b;9-8+;;. The van der Waals surface area contributed by atoms with Crippen LogP contribution in [0.2, 0.25) is 0 Å². The lowest BCUT2D eigenvalue weighted by molar-refractivity contribution is 1.21. The van der Waals surface area contributed by atoms with E-state index in [1.807, 2.05) is 84.9 Å². The number of benzene rings is 8. The molecule has 10 rings (SSSR count). The van der Waals surface area contributed by atoms with Crippen molar-refractivity contribution in [3.63, 3.8) is 0 Å². The molecule has 3 N–H and O–H groups in total. The van der Waals surface area contributed by atoms with Crippen LogP contribution in [0, 0.1) is 13.8 Å². The Morgan fingerprint density at radius 3 is 1.70 bits per heavy atom. The zero-order chi connectivity index (χ0) is 38.7. The molecule has 56 heavy (non-hydrogen) atoms. The summed E-state index contributed by atoms with van der Waals surface area (Å²) in [4.78, 5) is 8.73. The molecule has 0 saturated carbocycles. The molecule has 0 saturated heterocycles. The third-order valence-corrected chi connectivity index (χ3v) is 9.83. The summed E-state index contributed by atoms with van der Waals surface area (Å²) in [6.45, 7) is 7.94. The van der Waals surface area contributed by atoms with Gasteiger partial charge in [-0.2, -0.15) is 0 Å². The van der Waals surface area contributed by atoms with Crippen LogP contribution in [0.3, 0.4) is 0 Å². The van der Waals surface area contributed by atoms with Crippen molar-refractivity contribution in [3.8, 4) is 11.1 Å². The maximum Gasteiger partial charge on any atom is 0.0816 e. The number of nitrogens with one attached hydrogen (secondary N) is 1. The van der Waals surface area contributed by atoms with Gasteiger partial charge in [-0.15, -0.1) is 0 Å². The zero-order valence-electron chi connectivity index (χ0n) is 31.9. The van der Waals surface area contributed by atoms with E-state index in [1.165, 1.54) is 60.1 Å². The lowest BCUT2D eigenvalue weighted by Crippen LogP contribution is -2.34. The number of aromatic nitrogens is 1. The lowest BCUT2D eigenvalue weighted by atomic mass is 9.85. The van der Waals surface area contributed by atoms with Crippen LogP contribution in [0.4, 0.5) is 0 Å². The summed E-state index contributed by atoms with van der Waals surface area (Å²) in [6.07, 6.45) is 3.30. The first kappa shape index (κ1) is 37.1. The predicted octanol–water partition coefficient (Wildman–Crippen LogP) is 12.1. The Bertz CT molecular complexity index is 2860. The van der Waals surface area contributed by atoms with E-state index in [4.69, 9.17) is 10.7 Å². The molecule has 272 valence electrons. The van der Waals surface area contributed by atoms with Gasteiger partial charge in [0.2, 0.25) is 0 Å². The molecule has 0 fully saturated rings. The van der Waals surface area contributed by atoms with Gasteiger partial charge in [0.25, 0.3) is 0 Å². The number of rotatable bonds is 4.